The molecule has 2 aromatic rings. The number of hydrogen-bond acceptors (Lipinski definition) is 4. The van der Waals surface area contributed by atoms with Crippen molar-refractivity contribution < 1.29 is 9.59 Å². The SMILES string of the molecule is CCc1ncc(C(=O)Nc2ccc(C(=O)NC3CCCC3)cc2)s1. The molecule has 2 amide bonds. The molecule has 0 unspecified atom stereocenters. The summed E-state index contributed by atoms with van der Waals surface area (Å²) in [7, 11) is 0. The van der Waals surface area contributed by atoms with Gasteiger partial charge in [-0.1, -0.05) is 19.8 Å². The van der Waals surface area contributed by atoms with E-state index in [-0.39, 0.29) is 11.8 Å². The minimum Gasteiger partial charge on any atom is -0.349 e. The van der Waals surface area contributed by atoms with Gasteiger partial charge in [0.2, 0.25) is 0 Å². The molecule has 6 heteroatoms. The average molecular weight is 343 g/mol. The summed E-state index contributed by atoms with van der Waals surface area (Å²) in [5.41, 5.74) is 1.29. The largest absolute Gasteiger partial charge is 0.349 e. The summed E-state index contributed by atoms with van der Waals surface area (Å²) in [4.78, 5) is 29.1. The van der Waals surface area contributed by atoms with Crippen LogP contribution in [0.15, 0.2) is 30.5 Å². The Morgan fingerprint density at radius 2 is 1.88 bits per heavy atom. The molecule has 126 valence electrons. The Labute approximate surface area is 145 Å². The van der Waals surface area contributed by atoms with Crippen LogP contribution in [0.25, 0.3) is 0 Å². The molecule has 0 radical (unpaired) electrons. The molecule has 1 aliphatic carbocycles. The third kappa shape index (κ3) is 4.00. The number of rotatable bonds is 5. The molecule has 1 aliphatic rings. The minimum atomic E-state index is -0.171. The molecule has 0 saturated heterocycles. The molecule has 0 aliphatic heterocycles. The zero-order valence-electron chi connectivity index (χ0n) is 13.7. The Morgan fingerprint density at radius 3 is 2.50 bits per heavy atom. The van der Waals surface area contributed by atoms with E-state index in [4.69, 9.17) is 0 Å². The van der Waals surface area contributed by atoms with Crippen molar-refractivity contribution in [2.24, 2.45) is 0 Å². The molecule has 5 nitrogen and oxygen atoms in total. The van der Waals surface area contributed by atoms with Crippen LogP contribution in [0, 0.1) is 0 Å². The Kier molecular flexibility index (Phi) is 5.25. The molecule has 1 heterocycles. The van der Waals surface area contributed by atoms with Crippen LogP contribution < -0.4 is 10.6 Å². The number of nitrogens with one attached hydrogen (secondary N) is 2. The van der Waals surface area contributed by atoms with Gasteiger partial charge in [-0.3, -0.25) is 9.59 Å². The maximum atomic E-state index is 12.2. The summed E-state index contributed by atoms with van der Waals surface area (Å²) in [6, 6.07) is 7.29. The van der Waals surface area contributed by atoms with Crippen LogP contribution in [0.4, 0.5) is 5.69 Å². The number of anilines is 1. The van der Waals surface area contributed by atoms with Gasteiger partial charge in [-0.05, 0) is 43.5 Å². The molecule has 1 fully saturated rings. The van der Waals surface area contributed by atoms with Crippen LogP contribution in [0.3, 0.4) is 0 Å². The van der Waals surface area contributed by atoms with Crippen molar-refractivity contribution in [3.8, 4) is 0 Å². The number of amides is 2. The zero-order chi connectivity index (χ0) is 16.9. The van der Waals surface area contributed by atoms with Crippen molar-refractivity contribution in [3.05, 3.63) is 45.9 Å². The van der Waals surface area contributed by atoms with Crippen LogP contribution >= 0.6 is 11.3 Å². The van der Waals surface area contributed by atoms with E-state index in [2.05, 4.69) is 15.6 Å². The fourth-order valence-electron chi connectivity index (χ4n) is 2.82. The van der Waals surface area contributed by atoms with Gasteiger partial charge in [0.1, 0.15) is 4.88 Å². The van der Waals surface area contributed by atoms with Gasteiger partial charge >= 0.3 is 0 Å². The van der Waals surface area contributed by atoms with E-state index >= 15 is 0 Å². The third-order valence-electron chi connectivity index (χ3n) is 4.18. The number of hydrogen-bond donors (Lipinski definition) is 2. The number of nitrogens with zero attached hydrogens (tertiary/aromatic N) is 1. The summed E-state index contributed by atoms with van der Waals surface area (Å²) in [6.07, 6.45) is 6.93. The number of thiazole rings is 1. The lowest BCUT2D eigenvalue weighted by Crippen LogP contribution is -2.32. The summed E-state index contributed by atoms with van der Waals surface area (Å²) in [5.74, 6) is -0.217. The first-order valence-corrected chi connectivity index (χ1v) is 9.14. The van der Waals surface area contributed by atoms with Gasteiger partial charge < -0.3 is 10.6 Å². The lowest BCUT2D eigenvalue weighted by molar-refractivity contribution is 0.0937. The van der Waals surface area contributed by atoms with E-state index in [1.807, 2.05) is 6.92 Å². The molecule has 0 spiro atoms. The molecule has 2 N–H and O–H groups in total. The van der Waals surface area contributed by atoms with E-state index in [9.17, 15) is 9.59 Å². The average Bonchev–Trinajstić information content (AvgIpc) is 3.26. The van der Waals surface area contributed by atoms with Crippen LogP contribution in [-0.2, 0) is 6.42 Å². The molecule has 1 saturated carbocycles. The lowest BCUT2D eigenvalue weighted by atomic mass is 10.1. The standard InChI is InChI=1S/C18H21N3O2S/c1-2-16-19-11-15(24-16)18(23)21-14-9-7-12(8-10-14)17(22)20-13-5-3-4-6-13/h7-11,13H,2-6H2,1H3,(H,20,22)(H,21,23). The second-order valence-electron chi connectivity index (χ2n) is 5.96. The van der Waals surface area contributed by atoms with Crippen LogP contribution in [0.2, 0.25) is 0 Å². The van der Waals surface area contributed by atoms with Gasteiger partial charge in [-0.2, -0.15) is 0 Å². The Bertz CT molecular complexity index is 718. The maximum absolute atomic E-state index is 12.2. The first-order chi connectivity index (χ1) is 11.7. The number of benzene rings is 1. The second kappa shape index (κ2) is 7.57. The zero-order valence-corrected chi connectivity index (χ0v) is 14.5. The number of carbonyl (C=O) groups excluding carboxylic acids is 2. The fraction of sp³-hybridized carbons (Fsp3) is 0.389. The van der Waals surface area contributed by atoms with Crippen molar-refractivity contribution in [2.45, 2.75) is 45.1 Å². The fourth-order valence-corrected chi connectivity index (χ4v) is 3.57. The number of aryl methyl sites for hydroxylation is 1. The maximum Gasteiger partial charge on any atom is 0.267 e. The molecular formula is C18H21N3O2S. The Balaban J connectivity index is 1.59. The second-order valence-corrected chi connectivity index (χ2v) is 7.07. The quantitative estimate of drug-likeness (QED) is 0.871. The first-order valence-electron chi connectivity index (χ1n) is 8.32. The van der Waals surface area contributed by atoms with Gasteiger partial charge in [0.15, 0.2) is 0 Å². The topological polar surface area (TPSA) is 71.1 Å². The predicted molar refractivity (Wildman–Crippen MR) is 95.6 cm³/mol. The highest BCUT2D eigenvalue weighted by molar-refractivity contribution is 7.13. The number of carbonyl (C=O) groups is 2. The highest BCUT2D eigenvalue weighted by Gasteiger charge is 2.18. The molecular weight excluding hydrogens is 322 g/mol. The van der Waals surface area contributed by atoms with E-state index < -0.39 is 0 Å². The van der Waals surface area contributed by atoms with Gasteiger partial charge in [0, 0.05) is 17.3 Å². The van der Waals surface area contributed by atoms with Crippen molar-refractivity contribution >= 4 is 28.8 Å². The monoisotopic (exact) mass is 343 g/mol. The summed E-state index contributed by atoms with van der Waals surface area (Å²) in [5, 5.41) is 6.84. The normalized spacial score (nSPS) is 14.5. The number of aromatic nitrogens is 1. The summed E-state index contributed by atoms with van der Waals surface area (Å²) in [6.45, 7) is 2.01. The molecule has 24 heavy (non-hydrogen) atoms. The predicted octanol–water partition coefficient (Wildman–Crippen LogP) is 3.63. The van der Waals surface area contributed by atoms with Gasteiger partial charge in [-0.15, -0.1) is 11.3 Å². The molecule has 0 atom stereocenters. The Hall–Kier alpha value is -2.21. The van der Waals surface area contributed by atoms with Gasteiger partial charge in [0.25, 0.3) is 11.8 Å². The smallest absolute Gasteiger partial charge is 0.267 e. The van der Waals surface area contributed by atoms with Crippen molar-refractivity contribution in [1.82, 2.24) is 10.3 Å². The highest BCUT2D eigenvalue weighted by atomic mass is 32.1. The van der Waals surface area contributed by atoms with Crippen molar-refractivity contribution in [1.29, 1.82) is 0 Å². The third-order valence-corrected chi connectivity index (χ3v) is 5.32. The van der Waals surface area contributed by atoms with E-state index in [0.717, 1.165) is 24.3 Å². The van der Waals surface area contributed by atoms with Gasteiger partial charge in [-0.25, -0.2) is 4.98 Å². The molecule has 3 rings (SSSR count). The van der Waals surface area contributed by atoms with Crippen LogP contribution in [0.5, 0.6) is 0 Å². The van der Waals surface area contributed by atoms with Crippen molar-refractivity contribution in [3.63, 3.8) is 0 Å². The minimum absolute atomic E-state index is 0.0465. The highest BCUT2D eigenvalue weighted by Crippen LogP contribution is 2.19. The van der Waals surface area contributed by atoms with E-state index in [0.29, 0.717) is 22.2 Å². The Morgan fingerprint density at radius 1 is 1.17 bits per heavy atom. The summed E-state index contributed by atoms with van der Waals surface area (Å²) >= 11 is 1.40. The van der Waals surface area contributed by atoms with Gasteiger partial charge in [0.05, 0.1) is 11.2 Å². The van der Waals surface area contributed by atoms with Crippen LogP contribution in [-0.4, -0.2) is 22.8 Å². The molecule has 1 aromatic heterocycles. The van der Waals surface area contributed by atoms with E-state index in [1.54, 1.807) is 30.5 Å². The lowest BCUT2D eigenvalue weighted by Gasteiger charge is -2.12. The summed E-state index contributed by atoms with van der Waals surface area (Å²) < 4.78 is 0. The first kappa shape index (κ1) is 16.6. The van der Waals surface area contributed by atoms with Crippen LogP contribution in [0.1, 0.15) is 57.6 Å². The van der Waals surface area contributed by atoms with E-state index in [1.165, 1.54) is 24.2 Å². The van der Waals surface area contributed by atoms with Crippen molar-refractivity contribution in [2.75, 3.05) is 5.32 Å². The molecule has 0 bridgehead atoms. The molecule has 1 aromatic carbocycles.